The molecule has 0 spiro atoms. The highest BCUT2D eigenvalue weighted by molar-refractivity contribution is 7.99. The zero-order chi connectivity index (χ0) is 22.3. The van der Waals surface area contributed by atoms with Crippen molar-refractivity contribution in [2.75, 3.05) is 5.75 Å². The molecule has 0 radical (unpaired) electrons. The number of aromatic amines is 1. The molecule has 1 fully saturated rings. The van der Waals surface area contributed by atoms with Crippen LogP contribution in [0.5, 0.6) is 0 Å². The van der Waals surface area contributed by atoms with E-state index < -0.39 is 5.54 Å². The van der Waals surface area contributed by atoms with Crippen LogP contribution in [0, 0.1) is 0 Å². The molecule has 2 heterocycles. The topological polar surface area (TPSA) is 65.2 Å². The van der Waals surface area contributed by atoms with Gasteiger partial charge in [-0.15, -0.1) is 11.8 Å². The van der Waals surface area contributed by atoms with Gasteiger partial charge in [0.1, 0.15) is 11.2 Å². The molecule has 2 aliphatic rings. The van der Waals surface area contributed by atoms with Crippen LogP contribution in [0.15, 0.2) is 53.4 Å². The summed E-state index contributed by atoms with van der Waals surface area (Å²) < 4.78 is 0. The van der Waals surface area contributed by atoms with Crippen LogP contribution in [0.1, 0.15) is 48.7 Å². The third-order valence-electron chi connectivity index (χ3n) is 6.64. The fraction of sp³-hybridized carbons (Fsp3) is 0.360. The van der Waals surface area contributed by atoms with E-state index in [0.29, 0.717) is 23.0 Å². The van der Waals surface area contributed by atoms with Gasteiger partial charge in [0.25, 0.3) is 5.91 Å². The van der Waals surface area contributed by atoms with Gasteiger partial charge in [0.15, 0.2) is 0 Å². The summed E-state index contributed by atoms with van der Waals surface area (Å²) in [5, 5.41) is 4.91. The SMILES string of the molecule is C[C@]1(C(=O)NC2CCCC2)CSc2c([nH]c3ccccc23)C(=O)N1Cc1ccc(Cl)cc1. The zero-order valence-corrected chi connectivity index (χ0v) is 19.6. The first kappa shape index (κ1) is 21.4. The number of nitrogens with zero attached hydrogens (tertiary/aromatic N) is 1. The number of benzene rings is 2. The second kappa shape index (κ2) is 8.49. The molecule has 0 unspecified atom stereocenters. The summed E-state index contributed by atoms with van der Waals surface area (Å²) >= 11 is 7.65. The number of carbonyl (C=O) groups is 2. The Morgan fingerprint density at radius 1 is 1.19 bits per heavy atom. The van der Waals surface area contributed by atoms with Gasteiger partial charge in [-0.1, -0.05) is 54.8 Å². The Bertz CT molecular complexity index is 1170. The van der Waals surface area contributed by atoms with Crippen LogP contribution in [0.25, 0.3) is 10.9 Å². The van der Waals surface area contributed by atoms with Gasteiger partial charge >= 0.3 is 0 Å². The van der Waals surface area contributed by atoms with E-state index in [4.69, 9.17) is 11.6 Å². The molecule has 1 aliphatic heterocycles. The molecular formula is C25H26ClN3O2S. The van der Waals surface area contributed by atoms with Crippen LogP contribution in [-0.4, -0.2) is 39.0 Å². The largest absolute Gasteiger partial charge is 0.351 e. The van der Waals surface area contributed by atoms with Gasteiger partial charge in [-0.3, -0.25) is 9.59 Å². The van der Waals surface area contributed by atoms with Crippen LogP contribution in [0.4, 0.5) is 0 Å². The number of H-pyrrole nitrogens is 1. The van der Waals surface area contributed by atoms with Crippen molar-refractivity contribution in [3.63, 3.8) is 0 Å². The standard InChI is InChI=1S/C25H26ClN3O2S/c1-25(24(31)27-18-6-2-3-7-18)15-32-22-19-8-4-5-9-20(19)28-21(22)23(30)29(25)14-16-10-12-17(26)13-11-16/h4-5,8-13,18,28H,2-3,6-7,14-15H2,1H3,(H,27,31)/t25-/m1/s1. The maximum Gasteiger partial charge on any atom is 0.272 e. The summed E-state index contributed by atoms with van der Waals surface area (Å²) in [6, 6.07) is 15.6. The predicted molar refractivity (Wildman–Crippen MR) is 129 cm³/mol. The predicted octanol–water partition coefficient (Wildman–Crippen LogP) is 5.39. The number of fused-ring (bicyclic) bond motifs is 3. The molecule has 2 amide bonds. The Balaban J connectivity index is 1.55. The number of para-hydroxylation sites is 1. The third kappa shape index (κ3) is 3.80. The highest BCUT2D eigenvalue weighted by Gasteiger charge is 2.46. The smallest absolute Gasteiger partial charge is 0.272 e. The van der Waals surface area contributed by atoms with Gasteiger partial charge in [-0.2, -0.15) is 0 Å². The Labute approximate surface area is 196 Å². The Kier molecular flexibility index (Phi) is 5.68. The molecule has 2 N–H and O–H groups in total. The van der Waals surface area contributed by atoms with Crippen molar-refractivity contribution in [1.82, 2.24) is 15.2 Å². The lowest BCUT2D eigenvalue weighted by Gasteiger charge is -2.39. The van der Waals surface area contributed by atoms with Crippen molar-refractivity contribution < 1.29 is 9.59 Å². The van der Waals surface area contributed by atoms with E-state index in [1.54, 1.807) is 16.7 Å². The monoisotopic (exact) mass is 467 g/mol. The normalized spacial score (nSPS) is 21.6. The summed E-state index contributed by atoms with van der Waals surface area (Å²) in [6.45, 7) is 2.23. The van der Waals surface area contributed by atoms with E-state index >= 15 is 0 Å². The maximum absolute atomic E-state index is 13.9. The van der Waals surface area contributed by atoms with Crippen molar-refractivity contribution in [2.45, 2.75) is 55.6 Å². The molecule has 1 aliphatic carbocycles. The number of aromatic nitrogens is 1. The molecule has 3 aromatic rings. The molecule has 1 aromatic heterocycles. The fourth-order valence-corrected chi connectivity index (χ4v) is 6.14. The van der Waals surface area contributed by atoms with E-state index in [0.717, 1.165) is 47.0 Å². The molecule has 1 atom stereocenters. The summed E-state index contributed by atoms with van der Waals surface area (Å²) in [7, 11) is 0. The van der Waals surface area contributed by atoms with Gasteiger partial charge in [0.2, 0.25) is 5.91 Å². The highest BCUT2D eigenvalue weighted by Crippen LogP contribution is 2.40. The summed E-state index contributed by atoms with van der Waals surface area (Å²) in [6.07, 6.45) is 4.29. The second-order valence-corrected chi connectivity index (χ2v) is 10.3. The number of carbonyl (C=O) groups excluding carboxylic acids is 2. The van der Waals surface area contributed by atoms with Crippen molar-refractivity contribution >= 4 is 46.1 Å². The molecule has 5 nitrogen and oxygen atoms in total. The molecule has 7 heteroatoms. The molecule has 0 bridgehead atoms. The maximum atomic E-state index is 13.9. The number of halogens is 1. The number of hydrogen-bond donors (Lipinski definition) is 2. The van der Waals surface area contributed by atoms with Gasteiger partial charge in [0.05, 0.1) is 0 Å². The van der Waals surface area contributed by atoms with Gasteiger partial charge in [-0.05, 0) is 43.5 Å². The number of hydrogen-bond acceptors (Lipinski definition) is 3. The Morgan fingerprint density at radius 2 is 1.91 bits per heavy atom. The Hall–Kier alpha value is -2.44. The first-order valence-corrected chi connectivity index (χ1v) is 12.4. The molecule has 166 valence electrons. The minimum absolute atomic E-state index is 0.0753. The lowest BCUT2D eigenvalue weighted by molar-refractivity contribution is -0.131. The Morgan fingerprint density at radius 3 is 2.66 bits per heavy atom. The molecule has 2 aromatic carbocycles. The lowest BCUT2D eigenvalue weighted by Crippen LogP contribution is -2.60. The third-order valence-corrected chi connectivity index (χ3v) is 8.32. The van der Waals surface area contributed by atoms with Gasteiger partial charge < -0.3 is 15.2 Å². The molecule has 1 saturated carbocycles. The molecule has 5 rings (SSSR count). The zero-order valence-electron chi connectivity index (χ0n) is 18.0. The average molecular weight is 468 g/mol. The van der Waals surface area contributed by atoms with Crippen molar-refractivity contribution in [3.05, 3.63) is 64.8 Å². The van der Waals surface area contributed by atoms with Crippen LogP contribution >= 0.6 is 23.4 Å². The van der Waals surface area contributed by atoms with E-state index in [2.05, 4.69) is 10.3 Å². The number of amides is 2. The number of nitrogens with one attached hydrogen (secondary N) is 2. The van der Waals surface area contributed by atoms with E-state index in [1.807, 2.05) is 55.5 Å². The lowest BCUT2D eigenvalue weighted by atomic mass is 9.98. The van der Waals surface area contributed by atoms with E-state index in [-0.39, 0.29) is 17.9 Å². The molecular weight excluding hydrogens is 442 g/mol. The fourth-order valence-electron chi connectivity index (χ4n) is 4.68. The number of rotatable bonds is 4. The molecule has 32 heavy (non-hydrogen) atoms. The number of thioether (sulfide) groups is 1. The van der Waals surface area contributed by atoms with Crippen LogP contribution in [0.2, 0.25) is 5.02 Å². The van der Waals surface area contributed by atoms with Crippen molar-refractivity contribution in [2.24, 2.45) is 0 Å². The van der Waals surface area contributed by atoms with Gasteiger partial charge in [-0.25, -0.2) is 0 Å². The van der Waals surface area contributed by atoms with Crippen LogP contribution < -0.4 is 5.32 Å². The van der Waals surface area contributed by atoms with Crippen LogP contribution in [0.3, 0.4) is 0 Å². The summed E-state index contributed by atoms with van der Waals surface area (Å²) in [5.74, 6) is 0.258. The van der Waals surface area contributed by atoms with Crippen molar-refractivity contribution in [3.8, 4) is 0 Å². The van der Waals surface area contributed by atoms with Crippen molar-refractivity contribution in [1.29, 1.82) is 0 Å². The first-order chi connectivity index (χ1) is 15.5. The van der Waals surface area contributed by atoms with Gasteiger partial charge in [0, 0.05) is 39.2 Å². The second-order valence-electron chi connectivity index (χ2n) is 8.91. The highest BCUT2D eigenvalue weighted by atomic mass is 35.5. The minimum Gasteiger partial charge on any atom is -0.351 e. The van der Waals surface area contributed by atoms with Crippen LogP contribution in [-0.2, 0) is 11.3 Å². The summed E-state index contributed by atoms with van der Waals surface area (Å²) in [4.78, 5) is 33.5. The minimum atomic E-state index is -0.981. The molecule has 0 saturated heterocycles. The first-order valence-electron chi connectivity index (χ1n) is 11.1. The van der Waals surface area contributed by atoms with E-state index in [1.165, 1.54) is 0 Å². The van der Waals surface area contributed by atoms with E-state index in [9.17, 15) is 9.59 Å². The average Bonchev–Trinajstić information content (AvgIpc) is 3.42. The quantitative estimate of drug-likeness (QED) is 0.540. The summed E-state index contributed by atoms with van der Waals surface area (Å²) in [5.41, 5.74) is 1.45.